The van der Waals surface area contributed by atoms with Crippen LogP contribution in [0.25, 0.3) is 0 Å². The molecule has 0 radical (unpaired) electrons. The van der Waals surface area contributed by atoms with E-state index >= 15 is 0 Å². The quantitative estimate of drug-likeness (QED) is 0.841. The van der Waals surface area contributed by atoms with Gasteiger partial charge in [-0.1, -0.05) is 29.8 Å². The molecule has 2 aromatic carbocycles. The lowest BCUT2D eigenvalue weighted by molar-refractivity contribution is 0.401. The van der Waals surface area contributed by atoms with E-state index < -0.39 is 0 Å². The molecule has 0 aliphatic carbocycles. The zero-order valence-corrected chi connectivity index (χ0v) is 13.8. The standard InChI is InChI=1S/C19H25NO2/c1-14-5-10-19(22-4)18(13-14)15(2)20-12-11-16-6-8-17(21-3)9-7-16/h5-10,13,15,20H,11-12H2,1-4H3. The Balaban J connectivity index is 1.92. The molecule has 0 saturated carbocycles. The third-order valence-electron chi connectivity index (χ3n) is 3.87. The molecule has 22 heavy (non-hydrogen) atoms. The molecule has 3 nitrogen and oxygen atoms in total. The number of hydrogen-bond acceptors (Lipinski definition) is 3. The monoisotopic (exact) mass is 299 g/mol. The first-order valence-electron chi connectivity index (χ1n) is 7.65. The van der Waals surface area contributed by atoms with E-state index in [1.807, 2.05) is 18.2 Å². The summed E-state index contributed by atoms with van der Waals surface area (Å²) >= 11 is 0. The van der Waals surface area contributed by atoms with Crippen LogP contribution in [-0.4, -0.2) is 20.8 Å². The van der Waals surface area contributed by atoms with Crippen LogP contribution in [0.3, 0.4) is 0 Å². The van der Waals surface area contributed by atoms with Crippen LogP contribution in [0.4, 0.5) is 0 Å². The van der Waals surface area contributed by atoms with Gasteiger partial charge >= 0.3 is 0 Å². The number of methoxy groups -OCH3 is 2. The Kier molecular flexibility index (Phi) is 5.84. The van der Waals surface area contributed by atoms with Gasteiger partial charge in [-0.2, -0.15) is 0 Å². The van der Waals surface area contributed by atoms with Gasteiger partial charge in [-0.15, -0.1) is 0 Å². The lowest BCUT2D eigenvalue weighted by Gasteiger charge is -2.18. The summed E-state index contributed by atoms with van der Waals surface area (Å²) in [6.07, 6.45) is 0.989. The second-order valence-corrected chi connectivity index (χ2v) is 5.52. The van der Waals surface area contributed by atoms with E-state index in [2.05, 4.69) is 43.4 Å². The number of hydrogen-bond donors (Lipinski definition) is 1. The van der Waals surface area contributed by atoms with Crippen LogP contribution in [0.15, 0.2) is 42.5 Å². The molecule has 1 N–H and O–H groups in total. The maximum atomic E-state index is 5.46. The van der Waals surface area contributed by atoms with Gasteiger partial charge in [0.25, 0.3) is 0 Å². The van der Waals surface area contributed by atoms with Crippen molar-refractivity contribution in [1.29, 1.82) is 0 Å². The Morgan fingerprint density at radius 2 is 1.73 bits per heavy atom. The molecule has 2 aromatic rings. The summed E-state index contributed by atoms with van der Waals surface area (Å²) in [7, 11) is 3.41. The van der Waals surface area contributed by atoms with Crippen molar-refractivity contribution < 1.29 is 9.47 Å². The highest BCUT2D eigenvalue weighted by molar-refractivity contribution is 5.38. The van der Waals surface area contributed by atoms with Crippen LogP contribution in [0, 0.1) is 6.92 Å². The highest BCUT2D eigenvalue weighted by atomic mass is 16.5. The molecule has 1 atom stereocenters. The van der Waals surface area contributed by atoms with E-state index in [4.69, 9.17) is 9.47 Å². The minimum absolute atomic E-state index is 0.257. The fraction of sp³-hybridized carbons (Fsp3) is 0.368. The SMILES string of the molecule is COc1ccc(CCNC(C)c2cc(C)ccc2OC)cc1. The molecule has 0 amide bonds. The van der Waals surface area contributed by atoms with Gasteiger partial charge < -0.3 is 14.8 Å². The second-order valence-electron chi connectivity index (χ2n) is 5.52. The molecule has 3 heteroatoms. The van der Waals surface area contributed by atoms with Crippen molar-refractivity contribution in [2.24, 2.45) is 0 Å². The number of ether oxygens (including phenoxy) is 2. The summed E-state index contributed by atoms with van der Waals surface area (Å²) in [4.78, 5) is 0. The topological polar surface area (TPSA) is 30.5 Å². The van der Waals surface area contributed by atoms with Crippen molar-refractivity contribution in [1.82, 2.24) is 5.32 Å². The molecule has 0 spiro atoms. The van der Waals surface area contributed by atoms with Crippen LogP contribution in [0.2, 0.25) is 0 Å². The molecule has 0 bridgehead atoms. The third-order valence-corrected chi connectivity index (χ3v) is 3.87. The van der Waals surface area contributed by atoms with E-state index in [-0.39, 0.29) is 6.04 Å². The van der Waals surface area contributed by atoms with E-state index in [1.54, 1.807) is 14.2 Å². The summed E-state index contributed by atoms with van der Waals surface area (Å²) in [6.45, 7) is 5.20. The lowest BCUT2D eigenvalue weighted by Crippen LogP contribution is -2.22. The van der Waals surface area contributed by atoms with Crippen molar-refractivity contribution in [2.45, 2.75) is 26.3 Å². The van der Waals surface area contributed by atoms with Crippen molar-refractivity contribution >= 4 is 0 Å². The molecule has 118 valence electrons. The van der Waals surface area contributed by atoms with Crippen LogP contribution in [0.1, 0.15) is 29.7 Å². The van der Waals surface area contributed by atoms with E-state index in [0.29, 0.717) is 0 Å². The van der Waals surface area contributed by atoms with Gasteiger partial charge in [0.2, 0.25) is 0 Å². The lowest BCUT2D eigenvalue weighted by atomic mass is 10.0. The molecule has 0 aromatic heterocycles. The molecule has 0 fully saturated rings. The van der Waals surface area contributed by atoms with E-state index in [0.717, 1.165) is 24.5 Å². The van der Waals surface area contributed by atoms with Gasteiger partial charge in [0, 0.05) is 11.6 Å². The molecule has 0 heterocycles. The predicted molar refractivity (Wildman–Crippen MR) is 90.8 cm³/mol. The maximum absolute atomic E-state index is 5.46. The minimum atomic E-state index is 0.257. The molecular weight excluding hydrogens is 274 g/mol. The highest BCUT2D eigenvalue weighted by Gasteiger charge is 2.11. The zero-order chi connectivity index (χ0) is 15.9. The Bertz CT molecular complexity index is 593. The molecule has 0 aliphatic rings. The van der Waals surface area contributed by atoms with E-state index in [1.165, 1.54) is 16.7 Å². The largest absolute Gasteiger partial charge is 0.497 e. The minimum Gasteiger partial charge on any atom is -0.497 e. The van der Waals surface area contributed by atoms with Crippen molar-refractivity contribution in [2.75, 3.05) is 20.8 Å². The number of rotatable bonds is 7. The summed E-state index contributed by atoms with van der Waals surface area (Å²) < 4.78 is 10.6. The van der Waals surface area contributed by atoms with E-state index in [9.17, 15) is 0 Å². The highest BCUT2D eigenvalue weighted by Crippen LogP contribution is 2.26. The Morgan fingerprint density at radius 1 is 1.00 bits per heavy atom. The van der Waals surface area contributed by atoms with Crippen LogP contribution >= 0.6 is 0 Å². The molecule has 0 aliphatic heterocycles. The maximum Gasteiger partial charge on any atom is 0.123 e. The normalized spacial score (nSPS) is 12.0. The Labute approximate surface area is 133 Å². The third kappa shape index (κ3) is 4.25. The van der Waals surface area contributed by atoms with Crippen molar-refractivity contribution in [3.8, 4) is 11.5 Å². The summed E-state index contributed by atoms with van der Waals surface area (Å²) in [5.41, 5.74) is 3.76. The van der Waals surface area contributed by atoms with Crippen LogP contribution < -0.4 is 14.8 Å². The second kappa shape index (κ2) is 7.85. The summed E-state index contributed by atoms with van der Waals surface area (Å²) in [6, 6.07) is 14.8. The van der Waals surface area contributed by atoms with Gasteiger partial charge in [0.1, 0.15) is 11.5 Å². The first-order valence-corrected chi connectivity index (χ1v) is 7.65. The Morgan fingerprint density at radius 3 is 2.36 bits per heavy atom. The van der Waals surface area contributed by atoms with Gasteiger partial charge in [-0.25, -0.2) is 0 Å². The van der Waals surface area contributed by atoms with Crippen LogP contribution in [0.5, 0.6) is 11.5 Å². The van der Waals surface area contributed by atoms with Crippen molar-refractivity contribution in [3.05, 3.63) is 59.2 Å². The number of aryl methyl sites for hydroxylation is 1. The smallest absolute Gasteiger partial charge is 0.123 e. The van der Waals surface area contributed by atoms with Gasteiger partial charge in [0.15, 0.2) is 0 Å². The average molecular weight is 299 g/mol. The van der Waals surface area contributed by atoms with Gasteiger partial charge in [-0.3, -0.25) is 0 Å². The molecule has 0 saturated heterocycles. The van der Waals surface area contributed by atoms with Gasteiger partial charge in [0.05, 0.1) is 14.2 Å². The molecule has 2 rings (SSSR count). The number of nitrogens with one attached hydrogen (secondary N) is 1. The first kappa shape index (κ1) is 16.4. The summed E-state index contributed by atoms with van der Waals surface area (Å²) in [5.74, 6) is 1.84. The predicted octanol–water partition coefficient (Wildman–Crippen LogP) is 3.91. The average Bonchev–Trinajstić information content (AvgIpc) is 2.55. The molecule has 1 unspecified atom stereocenters. The zero-order valence-electron chi connectivity index (χ0n) is 13.8. The fourth-order valence-corrected chi connectivity index (χ4v) is 2.53. The van der Waals surface area contributed by atoms with Gasteiger partial charge in [-0.05, 0) is 50.6 Å². The van der Waals surface area contributed by atoms with Crippen LogP contribution in [-0.2, 0) is 6.42 Å². The molecular formula is C19H25NO2. The van der Waals surface area contributed by atoms with Crippen molar-refractivity contribution in [3.63, 3.8) is 0 Å². The first-order chi connectivity index (χ1) is 10.6. The Hall–Kier alpha value is -2.00. The fourth-order valence-electron chi connectivity index (χ4n) is 2.53. The summed E-state index contributed by atoms with van der Waals surface area (Å²) in [5, 5.41) is 3.57. The number of benzene rings is 2.